The van der Waals surface area contributed by atoms with Gasteiger partial charge in [0.2, 0.25) is 10.0 Å². The van der Waals surface area contributed by atoms with Crippen LogP contribution < -0.4 is 0 Å². The number of nitrogens with zero attached hydrogens (tertiary/aromatic N) is 3. The highest BCUT2D eigenvalue weighted by molar-refractivity contribution is 7.88. The fraction of sp³-hybridized carbons (Fsp3) is 0.444. The number of aryl methyl sites for hydroxylation is 1. The topological polar surface area (TPSA) is 63.2 Å². The Kier molecular flexibility index (Phi) is 4.96. The van der Waals surface area contributed by atoms with Crippen molar-refractivity contribution in [1.29, 1.82) is 0 Å². The van der Waals surface area contributed by atoms with Crippen LogP contribution >= 0.6 is 0 Å². The van der Waals surface area contributed by atoms with Gasteiger partial charge in [0.25, 0.3) is 0 Å². The summed E-state index contributed by atoms with van der Waals surface area (Å²) in [4.78, 5) is 9.32. The molecule has 0 aliphatic carbocycles. The van der Waals surface area contributed by atoms with Gasteiger partial charge < -0.3 is 0 Å². The van der Waals surface area contributed by atoms with E-state index >= 15 is 0 Å². The SMILES string of the molecule is Cc1cc(Cc2ccccc2)nc([C@H]2CCCN(S(C)(=O)=O)C2)n1. The molecule has 1 aromatic carbocycles. The highest BCUT2D eigenvalue weighted by Crippen LogP contribution is 2.26. The molecule has 1 aliphatic heterocycles. The molecule has 1 aromatic heterocycles. The fourth-order valence-corrected chi connectivity index (χ4v) is 4.10. The Hall–Kier alpha value is -1.79. The van der Waals surface area contributed by atoms with E-state index in [9.17, 15) is 8.42 Å². The largest absolute Gasteiger partial charge is 0.238 e. The van der Waals surface area contributed by atoms with Crippen LogP contribution in [0, 0.1) is 6.92 Å². The summed E-state index contributed by atoms with van der Waals surface area (Å²) in [6, 6.07) is 12.2. The van der Waals surface area contributed by atoms with E-state index in [-0.39, 0.29) is 5.92 Å². The molecule has 0 saturated carbocycles. The molecule has 0 bridgehead atoms. The highest BCUT2D eigenvalue weighted by Gasteiger charge is 2.28. The van der Waals surface area contributed by atoms with Crippen molar-refractivity contribution in [2.24, 2.45) is 0 Å². The lowest BCUT2D eigenvalue weighted by Gasteiger charge is -2.30. The van der Waals surface area contributed by atoms with E-state index in [1.54, 1.807) is 4.31 Å². The highest BCUT2D eigenvalue weighted by atomic mass is 32.2. The first-order chi connectivity index (χ1) is 11.4. The maximum absolute atomic E-state index is 11.8. The maximum atomic E-state index is 11.8. The van der Waals surface area contributed by atoms with Crippen molar-refractivity contribution in [2.45, 2.75) is 32.1 Å². The molecular formula is C18H23N3O2S. The first kappa shape index (κ1) is 17.0. The van der Waals surface area contributed by atoms with E-state index in [1.807, 2.05) is 31.2 Å². The third kappa shape index (κ3) is 4.19. The lowest BCUT2D eigenvalue weighted by atomic mass is 9.98. The van der Waals surface area contributed by atoms with Gasteiger partial charge in [0.1, 0.15) is 5.82 Å². The summed E-state index contributed by atoms with van der Waals surface area (Å²) in [5.74, 6) is 0.845. The molecule has 1 aliphatic rings. The zero-order valence-corrected chi connectivity index (χ0v) is 15.0. The van der Waals surface area contributed by atoms with Gasteiger partial charge in [-0.2, -0.15) is 0 Å². The second-order valence-corrected chi connectivity index (χ2v) is 8.46. The van der Waals surface area contributed by atoms with Crippen molar-refractivity contribution in [3.8, 4) is 0 Å². The van der Waals surface area contributed by atoms with Gasteiger partial charge in [0, 0.05) is 36.8 Å². The third-order valence-electron chi connectivity index (χ3n) is 4.37. The van der Waals surface area contributed by atoms with Crippen LogP contribution in [0.4, 0.5) is 0 Å². The molecule has 24 heavy (non-hydrogen) atoms. The summed E-state index contributed by atoms with van der Waals surface area (Å²) in [6.45, 7) is 3.04. The molecule has 0 unspecified atom stereocenters. The van der Waals surface area contributed by atoms with E-state index in [0.717, 1.165) is 36.5 Å². The third-order valence-corrected chi connectivity index (χ3v) is 5.64. The minimum absolute atomic E-state index is 0.0721. The summed E-state index contributed by atoms with van der Waals surface area (Å²) < 4.78 is 25.2. The second-order valence-electron chi connectivity index (χ2n) is 6.48. The zero-order valence-electron chi connectivity index (χ0n) is 14.1. The molecule has 0 radical (unpaired) electrons. The number of piperidine rings is 1. The van der Waals surface area contributed by atoms with Gasteiger partial charge in [-0.3, -0.25) is 0 Å². The molecule has 6 heteroatoms. The molecule has 1 fully saturated rings. The van der Waals surface area contributed by atoms with Gasteiger partial charge in [0.15, 0.2) is 0 Å². The van der Waals surface area contributed by atoms with Crippen molar-refractivity contribution < 1.29 is 8.42 Å². The van der Waals surface area contributed by atoms with Crippen molar-refractivity contribution in [3.63, 3.8) is 0 Å². The number of benzene rings is 1. The first-order valence-corrected chi connectivity index (χ1v) is 10.1. The van der Waals surface area contributed by atoms with Gasteiger partial charge in [-0.25, -0.2) is 22.7 Å². The molecule has 0 N–H and O–H groups in total. The Bertz CT molecular complexity index is 806. The van der Waals surface area contributed by atoms with E-state index in [1.165, 1.54) is 11.8 Å². The van der Waals surface area contributed by atoms with E-state index in [0.29, 0.717) is 13.1 Å². The van der Waals surface area contributed by atoms with Gasteiger partial charge in [-0.1, -0.05) is 30.3 Å². The van der Waals surface area contributed by atoms with Crippen LogP contribution in [-0.4, -0.2) is 42.0 Å². The summed E-state index contributed by atoms with van der Waals surface area (Å²) in [6.07, 6.45) is 3.82. The van der Waals surface area contributed by atoms with Crippen LogP contribution in [0.2, 0.25) is 0 Å². The van der Waals surface area contributed by atoms with Gasteiger partial charge in [0.05, 0.1) is 6.26 Å². The summed E-state index contributed by atoms with van der Waals surface area (Å²) in [5.41, 5.74) is 3.13. The lowest BCUT2D eigenvalue weighted by Crippen LogP contribution is -2.38. The number of hydrogen-bond acceptors (Lipinski definition) is 4. The van der Waals surface area contributed by atoms with Crippen LogP contribution in [0.15, 0.2) is 36.4 Å². The van der Waals surface area contributed by atoms with Crippen LogP contribution in [0.3, 0.4) is 0 Å². The zero-order chi connectivity index (χ0) is 17.2. The van der Waals surface area contributed by atoms with Gasteiger partial charge in [-0.05, 0) is 31.4 Å². The quantitative estimate of drug-likeness (QED) is 0.854. The van der Waals surface area contributed by atoms with E-state index in [4.69, 9.17) is 4.98 Å². The lowest BCUT2D eigenvalue weighted by molar-refractivity contribution is 0.310. The summed E-state index contributed by atoms with van der Waals surface area (Å²) in [7, 11) is -3.16. The Morgan fingerprint density at radius 2 is 1.96 bits per heavy atom. The average Bonchev–Trinajstić information content (AvgIpc) is 2.54. The summed E-state index contributed by atoms with van der Waals surface area (Å²) >= 11 is 0. The van der Waals surface area contributed by atoms with E-state index in [2.05, 4.69) is 17.1 Å². The van der Waals surface area contributed by atoms with Crippen LogP contribution in [0.25, 0.3) is 0 Å². The Balaban J connectivity index is 1.83. The average molecular weight is 345 g/mol. The maximum Gasteiger partial charge on any atom is 0.211 e. The minimum atomic E-state index is -3.16. The van der Waals surface area contributed by atoms with E-state index < -0.39 is 10.0 Å². The van der Waals surface area contributed by atoms with Gasteiger partial charge in [-0.15, -0.1) is 0 Å². The smallest absolute Gasteiger partial charge is 0.211 e. The molecule has 0 amide bonds. The molecule has 128 valence electrons. The standard InChI is InChI=1S/C18H23N3O2S/c1-14-11-17(12-15-7-4-3-5-8-15)20-18(19-14)16-9-6-10-21(13-16)24(2,22)23/h3-5,7-8,11,16H,6,9-10,12-13H2,1-2H3/t16-/m0/s1. The molecular weight excluding hydrogens is 322 g/mol. The fourth-order valence-electron chi connectivity index (χ4n) is 3.19. The monoisotopic (exact) mass is 345 g/mol. The second kappa shape index (κ2) is 6.99. The molecule has 3 rings (SSSR count). The minimum Gasteiger partial charge on any atom is -0.238 e. The van der Waals surface area contributed by atoms with Crippen LogP contribution in [0.5, 0.6) is 0 Å². The number of aromatic nitrogens is 2. The van der Waals surface area contributed by atoms with Crippen LogP contribution in [-0.2, 0) is 16.4 Å². The number of rotatable bonds is 4. The van der Waals surface area contributed by atoms with Crippen molar-refractivity contribution in [1.82, 2.24) is 14.3 Å². The molecule has 0 spiro atoms. The number of sulfonamides is 1. The van der Waals surface area contributed by atoms with Crippen molar-refractivity contribution in [2.75, 3.05) is 19.3 Å². The first-order valence-electron chi connectivity index (χ1n) is 8.25. The normalized spacial score (nSPS) is 19.3. The Morgan fingerprint density at radius 3 is 2.67 bits per heavy atom. The molecule has 1 atom stereocenters. The number of hydrogen-bond donors (Lipinski definition) is 0. The van der Waals surface area contributed by atoms with Crippen molar-refractivity contribution in [3.05, 3.63) is 59.2 Å². The Morgan fingerprint density at radius 1 is 1.21 bits per heavy atom. The van der Waals surface area contributed by atoms with Crippen molar-refractivity contribution >= 4 is 10.0 Å². The Labute approximate surface area is 143 Å². The van der Waals surface area contributed by atoms with Gasteiger partial charge >= 0.3 is 0 Å². The molecule has 1 saturated heterocycles. The van der Waals surface area contributed by atoms with Crippen LogP contribution in [0.1, 0.15) is 41.5 Å². The molecule has 2 heterocycles. The molecule has 2 aromatic rings. The predicted octanol–water partition coefficient (Wildman–Crippen LogP) is 2.51. The molecule has 5 nitrogen and oxygen atoms in total. The summed E-state index contributed by atoms with van der Waals surface area (Å²) in [5, 5.41) is 0. The predicted molar refractivity (Wildman–Crippen MR) is 94.4 cm³/mol.